The van der Waals surface area contributed by atoms with E-state index in [0.717, 1.165) is 12.8 Å². The van der Waals surface area contributed by atoms with Crippen LogP contribution in [0.2, 0.25) is 0 Å². The Hall–Kier alpha value is -0.120. The van der Waals surface area contributed by atoms with Gasteiger partial charge in [0.05, 0.1) is 12.7 Å². The van der Waals surface area contributed by atoms with Gasteiger partial charge in [0.1, 0.15) is 0 Å². The molecule has 0 bridgehead atoms. The summed E-state index contributed by atoms with van der Waals surface area (Å²) in [6.45, 7) is 2.71. The molecule has 1 fully saturated rings. The van der Waals surface area contributed by atoms with Crippen molar-refractivity contribution in [2.24, 2.45) is 5.92 Å². The molecule has 3 unspecified atom stereocenters. The maximum absolute atomic E-state index is 10.2. The molecule has 0 spiro atoms. The third-order valence-corrected chi connectivity index (χ3v) is 3.84. The second kappa shape index (κ2) is 5.28. The van der Waals surface area contributed by atoms with E-state index in [9.17, 15) is 5.11 Å². The van der Waals surface area contributed by atoms with Crippen LogP contribution < -0.4 is 0 Å². The first-order chi connectivity index (χ1) is 7.03. The first-order valence-corrected chi connectivity index (χ1v) is 5.87. The molecule has 0 aromatic rings. The molecule has 0 aromatic heterocycles. The number of hydrogen-bond donors (Lipinski definition) is 1. The van der Waals surface area contributed by atoms with E-state index in [0.29, 0.717) is 12.5 Å². The summed E-state index contributed by atoms with van der Waals surface area (Å²) in [7, 11) is 5.78. The number of ether oxygens (including phenoxy) is 1. The second-order valence-electron chi connectivity index (χ2n) is 5.17. The molecule has 1 aliphatic carbocycles. The topological polar surface area (TPSA) is 32.7 Å². The lowest BCUT2D eigenvalue weighted by molar-refractivity contribution is -0.0736. The summed E-state index contributed by atoms with van der Waals surface area (Å²) in [6.07, 6.45) is 4.27. The highest BCUT2D eigenvalue weighted by Gasteiger charge is 2.42. The van der Waals surface area contributed by atoms with E-state index in [1.165, 1.54) is 12.8 Å². The van der Waals surface area contributed by atoms with Crippen LogP contribution in [0.25, 0.3) is 0 Å². The summed E-state index contributed by atoms with van der Waals surface area (Å²) in [5.41, 5.74) is -0.0757. The van der Waals surface area contributed by atoms with Crippen LogP contribution in [0.4, 0.5) is 0 Å². The van der Waals surface area contributed by atoms with E-state index in [2.05, 4.69) is 25.9 Å². The highest BCUT2D eigenvalue weighted by molar-refractivity contribution is 4.98. The predicted octanol–water partition coefficient (Wildman–Crippen LogP) is 1.50. The monoisotopic (exact) mass is 215 g/mol. The van der Waals surface area contributed by atoms with Gasteiger partial charge in [0.25, 0.3) is 0 Å². The van der Waals surface area contributed by atoms with Gasteiger partial charge in [0.15, 0.2) is 0 Å². The van der Waals surface area contributed by atoms with Crippen LogP contribution in [0.3, 0.4) is 0 Å². The number of aliphatic hydroxyl groups excluding tert-OH is 1. The minimum Gasteiger partial charge on any atom is -0.389 e. The van der Waals surface area contributed by atoms with Crippen LogP contribution in [0.1, 0.15) is 32.6 Å². The minimum atomic E-state index is -0.375. The van der Waals surface area contributed by atoms with Crippen molar-refractivity contribution in [2.45, 2.75) is 44.2 Å². The third-order valence-electron chi connectivity index (χ3n) is 3.84. The molecular formula is C12H25NO2. The largest absolute Gasteiger partial charge is 0.389 e. The fourth-order valence-corrected chi connectivity index (χ4v) is 2.88. The first kappa shape index (κ1) is 12.9. The van der Waals surface area contributed by atoms with Crippen molar-refractivity contribution in [1.29, 1.82) is 0 Å². The lowest BCUT2D eigenvalue weighted by Gasteiger charge is -2.48. The Labute approximate surface area is 93.4 Å². The van der Waals surface area contributed by atoms with Gasteiger partial charge in [0.2, 0.25) is 0 Å². The zero-order valence-electron chi connectivity index (χ0n) is 10.5. The zero-order chi connectivity index (χ0) is 11.5. The summed E-state index contributed by atoms with van der Waals surface area (Å²) >= 11 is 0. The molecular weight excluding hydrogens is 190 g/mol. The van der Waals surface area contributed by atoms with Gasteiger partial charge in [0, 0.05) is 12.6 Å². The second-order valence-corrected chi connectivity index (χ2v) is 5.17. The Morgan fingerprint density at radius 3 is 2.67 bits per heavy atom. The molecule has 1 N–H and O–H groups in total. The summed E-state index contributed by atoms with van der Waals surface area (Å²) in [6, 6.07) is 0. The quantitative estimate of drug-likeness (QED) is 0.771. The van der Waals surface area contributed by atoms with Crippen molar-refractivity contribution in [3.63, 3.8) is 0 Å². The standard InChI is InChI=1S/C12H25NO2/c1-10-6-5-7-12(8-10,13(2)3)11(14)9-15-4/h10-11,14H,5-9H2,1-4H3. The van der Waals surface area contributed by atoms with Gasteiger partial charge in [-0.1, -0.05) is 19.8 Å². The molecule has 0 radical (unpaired) electrons. The smallest absolute Gasteiger partial charge is 0.0956 e. The van der Waals surface area contributed by atoms with Crippen molar-refractivity contribution in [2.75, 3.05) is 27.8 Å². The third kappa shape index (κ3) is 2.71. The van der Waals surface area contributed by atoms with E-state index in [4.69, 9.17) is 4.74 Å². The van der Waals surface area contributed by atoms with E-state index in [-0.39, 0.29) is 11.6 Å². The van der Waals surface area contributed by atoms with Crippen molar-refractivity contribution >= 4 is 0 Å². The Morgan fingerprint density at radius 2 is 2.20 bits per heavy atom. The first-order valence-electron chi connectivity index (χ1n) is 5.87. The zero-order valence-corrected chi connectivity index (χ0v) is 10.5. The molecule has 1 saturated carbocycles. The van der Waals surface area contributed by atoms with Crippen LogP contribution in [-0.2, 0) is 4.74 Å². The van der Waals surface area contributed by atoms with Gasteiger partial charge in [-0.15, -0.1) is 0 Å². The molecule has 15 heavy (non-hydrogen) atoms. The summed E-state index contributed by atoms with van der Waals surface area (Å²) < 4.78 is 5.09. The van der Waals surface area contributed by atoms with Gasteiger partial charge < -0.3 is 14.7 Å². The minimum absolute atomic E-state index is 0.0757. The number of hydrogen-bond acceptors (Lipinski definition) is 3. The fourth-order valence-electron chi connectivity index (χ4n) is 2.88. The lowest BCUT2D eigenvalue weighted by atomic mass is 9.72. The number of methoxy groups -OCH3 is 1. The van der Waals surface area contributed by atoms with Crippen molar-refractivity contribution < 1.29 is 9.84 Å². The molecule has 3 heteroatoms. The highest BCUT2D eigenvalue weighted by Crippen LogP contribution is 2.38. The van der Waals surface area contributed by atoms with Crippen molar-refractivity contribution in [3.05, 3.63) is 0 Å². The van der Waals surface area contributed by atoms with Crippen molar-refractivity contribution in [1.82, 2.24) is 4.90 Å². The fraction of sp³-hybridized carbons (Fsp3) is 1.00. The van der Waals surface area contributed by atoms with E-state index >= 15 is 0 Å². The Kier molecular flexibility index (Phi) is 4.56. The molecule has 0 saturated heterocycles. The van der Waals surface area contributed by atoms with E-state index in [1.807, 2.05) is 0 Å². The molecule has 0 amide bonds. The molecule has 0 aliphatic heterocycles. The van der Waals surface area contributed by atoms with Gasteiger partial charge in [-0.2, -0.15) is 0 Å². The van der Waals surface area contributed by atoms with Crippen molar-refractivity contribution in [3.8, 4) is 0 Å². The summed E-state index contributed by atoms with van der Waals surface area (Å²) in [5, 5.41) is 10.2. The van der Waals surface area contributed by atoms with Crippen LogP contribution in [0, 0.1) is 5.92 Å². The van der Waals surface area contributed by atoms with E-state index in [1.54, 1.807) is 7.11 Å². The molecule has 0 aromatic carbocycles. The summed E-state index contributed by atoms with van der Waals surface area (Å²) in [4.78, 5) is 2.19. The molecule has 0 heterocycles. The maximum atomic E-state index is 10.2. The Balaban J connectivity index is 2.77. The van der Waals surface area contributed by atoms with Crippen LogP contribution in [0.5, 0.6) is 0 Å². The average molecular weight is 215 g/mol. The molecule has 1 rings (SSSR count). The predicted molar refractivity (Wildman–Crippen MR) is 61.9 cm³/mol. The molecule has 3 atom stereocenters. The van der Waals surface area contributed by atoms with Crippen LogP contribution in [0.15, 0.2) is 0 Å². The van der Waals surface area contributed by atoms with Gasteiger partial charge in [-0.25, -0.2) is 0 Å². The number of nitrogens with zero attached hydrogens (tertiary/aromatic N) is 1. The number of likely N-dealkylation sites (N-methyl/N-ethyl adjacent to an activating group) is 1. The van der Waals surface area contributed by atoms with Gasteiger partial charge in [-0.3, -0.25) is 0 Å². The average Bonchev–Trinajstić information content (AvgIpc) is 2.17. The lowest BCUT2D eigenvalue weighted by Crippen LogP contribution is -2.57. The Morgan fingerprint density at radius 1 is 1.53 bits per heavy atom. The maximum Gasteiger partial charge on any atom is 0.0956 e. The van der Waals surface area contributed by atoms with Crippen LogP contribution >= 0.6 is 0 Å². The highest BCUT2D eigenvalue weighted by atomic mass is 16.5. The van der Waals surface area contributed by atoms with E-state index < -0.39 is 0 Å². The Bertz CT molecular complexity index is 196. The SMILES string of the molecule is COCC(O)C1(N(C)C)CCCC(C)C1. The molecule has 90 valence electrons. The summed E-state index contributed by atoms with van der Waals surface area (Å²) in [5.74, 6) is 0.702. The normalized spacial score (nSPS) is 34.4. The molecule has 1 aliphatic rings. The number of rotatable bonds is 4. The number of aliphatic hydroxyl groups is 1. The molecule has 3 nitrogen and oxygen atoms in total. The van der Waals surface area contributed by atoms with Gasteiger partial charge in [-0.05, 0) is 32.9 Å². The van der Waals surface area contributed by atoms with Gasteiger partial charge >= 0.3 is 0 Å². The van der Waals surface area contributed by atoms with Crippen LogP contribution in [-0.4, -0.2) is 49.5 Å².